The van der Waals surface area contributed by atoms with Crippen molar-refractivity contribution in [3.63, 3.8) is 0 Å². The second-order valence-electron chi connectivity index (χ2n) is 5.92. The van der Waals surface area contributed by atoms with E-state index in [2.05, 4.69) is 4.72 Å². The van der Waals surface area contributed by atoms with Gasteiger partial charge in [0.2, 0.25) is 21.8 Å². The van der Waals surface area contributed by atoms with Crippen LogP contribution in [0, 0.1) is 0 Å². The third kappa shape index (κ3) is 4.45. The van der Waals surface area contributed by atoms with Gasteiger partial charge in [-0.3, -0.25) is 19.2 Å². The molecule has 1 aliphatic rings. The van der Waals surface area contributed by atoms with Crippen LogP contribution < -0.4 is 4.72 Å². The van der Waals surface area contributed by atoms with Crippen LogP contribution >= 0.6 is 0 Å². The number of hydrogen-bond donors (Lipinski definition) is 1. The predicted octanol–water partition coefficient (Wildman–Crippen LogP) is -0.605. The van der Waals surface area contributed by atoms with Crippen LogP contribution in [0.4, 0.5) is 0 Å². The van der Waals surface area contributed by atoms with Crippen LogP contribution in [0.5, 0.6) is 0 Å². The molecule has 0 unspecified atom stereocenters. The SMILES string of the molecule is CC(=O)N1CCN(CC(=O)NS(=O)(=O)C(C)(C)C)CC1. The first-order valence-corrected chi connectivity index (χ1v) is 8.04. The summed E-state index contributed by atoms with van der Waals surface area (Å²) in [6.45, 7) is 8.42. The molecule has 0 atom stereocenters. The van der Waals surface area contributed by atoms with E-state index in [9.17, 15) is 18.0 Å². The monoisotopic (exact) mass is 305 g/mol. The molecule has 0 aromatic rings. The van der Waals surface area contributed by atoms with E-state index in [1.807, 2.05) is 4.90 Å². The smallest absolute Gasteiger partial charge is 0.247 e. The lowest BCUT2D eigenvalue weighted by Crippen LogP contribution is -2.52. The summed E-state index contributed by atoms with van der Waals surface area (Å²) in [7, 11) is -3.66. The maximum Gasteiger partial charge on any atom is 0.247 e. The third-order valence-corrected chi connectivity index (χ3v) is 5.35. The molecule has 7 nitrogen and oxygen atoms in total. The molecule has 0 aromatic carbocycles. The fraction of sp³-hybridized carbons (Fsp3) is 0.833. The van der Waals surface area contributed by atoms with Crippen LogP contribution in [-0.4, -0.2) is 67.5 Å². The van der Waals surface area contributed by atoms with Crippen molar-refractivity contribution in [1.82, 2.24) is 14.5 Å². The molecule has 1 rings (SSSR count). The summed E-state index contributed by atoms with van der Waals surface area (Å²) in [6.07, 6.45) is 0. The average Bonchev–Trinajstić information content (AvgIpc) is 2.27. The van der Waals surface area contributed by atoms with Gasteiger partial charge >= 0.3 is 0 Å². The van der Waals surface area contributed by atoms with Crippen molar-refractivity contribution in [3.8, 4) is 0 Å². The van der Waals surface area contributed by atoms with Crippen LogP contribution in [0.2, 0.25) is 0 Å². The Balaban J connectivity index is 2.48. The Morgan fingerprint density at radius 3 is 2.00 bits per heavy atom. The summed E-state index contributed by atoms with van der Waals surface area (Å²) in [5.74, 6) is -0.513. The molecule has 8 heteroatoms. The molecule has 2 amide bonds. The summed E-state index contributed by atoms with van der Waals surface area (Å²) < 4.78 is 24.8. The van der Waals surface area contributed by atoms with Crippen LogP contribution in [0.15, 0.2) is 0 Å². The first kappa shape index (κ1) is 16.9. The van der Waals surface area contributed by atoms with E-state index in [0.29, 0.717) is 26.2 Å². The van der Waals surface area contributed by atoms with Gasteiger partial charge in [0.15, 0.2) is 0 Å². The topological polar surface area (TPSA) is 86.8 Å². The second kappa shape index (κ2) is 6.09. The number of nitrogens with zero attached hydrogens (tertiary/aromatic N) is 2. The van der Waals surface area contributed by atoms with Gasteiger partial charge in [-0.2, -0.15) is 0 Å². The van der Waals surface area contributed by atoms with E-state index in [1.165, 1.54) is 27.7 Å². The fourth-order valence-corrected chi connectivity index (χ4v) is 2.43. The van der Waals surface area contributed by atoms with Gasteiger partial charge in [-0.15, -0.1) is 0 Å². The highest BCUT2D eigenvalue weighted by Crippen LogP contribution is 2.13. The normalized spacial score (nSPS) is 17.9. The summed E-state index contributed by atoms with van der Waals surface area (Å²) in [6, 6.07) is 0. The van der Waals surface area contributed by atoms with Crippen molar-refractivity contribution in [3.05, 3.63) is 0 Å². The lowest BCUT2D eigenvalue weighted by Gasteiger charge is -2.33. The highest BCUT2D eigenvalue weighted by atomic mass is 32.2. The van der Waals surface area contributed by atoms with E-state index in [4.69, 9.17) is 0 Å². The molecule has 1 fully saturated rings. The van der Waals surface area contributed by atoms with Gasteiger partial charge in [-0.1, -0.05) is 0 Å². The number of nitrogens with one attached hydrogen (secondary N) is 1. The zero-order valence-corrected chi connectivity index (χ0v) is 13.3. The molecule has 0 aromatic heterocycles. The van der Waals surface area contributed by atoms with Crippen LogP contribution in [0.1, 0.15) is 27.7 Å². The van der Waals surface area contributed by atoms with E-state index < -0.39 is 20.7 Å². The van der Waals surface area contributed by atoms with Gasteiger partial charge < -0.3 is 4.90 Å². The molecule has 0 aliphatic carbocycles. The highest BCUT2D eigenvalue weighted by Gasteiger charge is 2.31. The van der Waals surface area contributed by atoms with Crippen molar-refractivity contribution < 1.29 is 18.0 Å². The summed E-state index contributed by atoms with van der Waals surface area (Å²) in [4.78, 5) is 26.5. The van der Waals surface area contributed by atoms with Gasteiger partial charge in [0.25, 0.3) is 0 Å². The van der Waals surface area contributed by atoms with Gasteiger partial charge in [-0.25, -0.2) is 8.42 Å². The number of carbonyl (C=O) groups excluding carboxylic acids is 2. The molecule has 0 spiro atoms. The molecule has 20 heavy (non-hydrogen) atoms. The maximum atomic E-state index is 11.8. The van der Waals surface area contributed by atoms with E-state index >= 15 is 0 Å². The lowest BCUT2D eigenvalue weighted by molar-refractivity contribution is -0.130. The quantitative estimate of drug-likeness (QED) is 0.752. The molecule has 0 radical (unpaired) electrons. The van der Waals surface area contributed by atoms with Gasteiger partial charge in [0.05, 0.1) is 11.3 Å². The molecule has 0 saturated carbocycles. The molecule has 1 heterocycles. The van der Waals surface area contributed by atoms with Crippen molar-refractivity contribution in [2.45, 2.75) is 32.4 Å². The van der Waals surface area contributed by atoms with Crippen molar-refractivity contribution in [2.75, 3.05) is 32.7 Å². The Bertz CT molecular complexity index is 473. The fourth-order valence-electron chi connectivity index (χ4n) is 1.76. The highest BCUT2D eigenvalue weighted by molar-refractivity contribution is 7.91. The molecule has 0 bridgehead atoms. The zero-order valence-electron chi connectivity index (χ0n) is 12.5. The predicted molar refractivity (Wildman–Crippen MR) is 75.5 cm³/mol. The third-order valence-electron chi connectivity index (χ3n) is 3.24. The van der Waals surface area contributed by atoms with Crippen molar-refractivity contribution >= 4 is 21.8 Å². The molecular weight excluding hydrogens is 282 g/mol. The van der Waals surface area contributed by atoms with E-state index in [0.717, 1.165) is 0 Å². The summed E-state index contributed by atoms with van der Waals surface area (Å²) in [5, 5.41) is 0. The first-order chi connectivity index (χ1) is 9.03. The molecule has 116 valence electrons. The number of sulfonamides is 1. The van der Waals surface area contributed by atoms with Crippen molar-refractivity contribution in [1.29, 1.82) is 0 Å². The van der Waals surface area contributed by atoms with Crippen molar-refractivity contribution in [2.24, 2.45) is 0 Å². The number of rotatable bonds is 3. The van der Waals surface area contributed by atoms with E-state index in [1.54, 1.807) is 4.90 Å². The Hall–Kier alpha value is -1.15. The lowest BCUT2D eigenvalue weighted by atomic mass is 10.3. The Kier molecular flexibility index (Phi) is 5.15. The first-order valence-electron chi connectivity index (χ1n) is 6.56. The maximum absolute atomic E-state index is 11.8. The number of amides is 2. The largest absolute Gasteiger partial charge is 0.340 e. The van der Waals surface area contributed by atoms with Gasteiger partial charge in [0.1, 0.15) is 0 Å². The molecular formula is C12H23N3O4S. The minimum absolute atomic E-state index is 0.0180. The summed E-state index contributed by atoms with van der Waals surface area (Å²) >= 11 is 0. The minimum atomic E-state index is -3.66. The average molecular weight is 305 g/mol. The zero-order chi connectivity index (χ0) is 15.6. The molecule has 1 aliphatic heterocycles. The molecule has 1 saturated heterocycles. The van der Waals surface area contributed by atoms with Gasteiger partial charge in [-0.05, 0) is 20.8 Å². The molecule has 1 N–H and O–H groups in total. The Labute approximate surface area is 120 Å². The Morgan fingerprint density at radius 1 is 1.10 bits per heavy atom. The Morgan fingerprint density at radius 2 is 1.60 bits per heavy atom. The van der Waals surface area contributed by atoms with E-state index in [-0.39, 0.29) is 12.5 Å². The number of carbonyl (C=O) groups is 2. The van der Waals surface area contributed by atoms with Crippen LogP contribution in [-0.2, 0) is 19.6 Å². The number of hydrogen-bond acceptors (Lipinski definition) is 5. The van der Waals surface area contributed by atoms with Crippen LogP contribution in [0.25, 0.3) is 0 Å². The summed E-state index contributed by atoms with van der Waals surface area (Å²) in [5.41, 5.74) is 0. The number of piperazine rings is 1. The minimum Gasteiger partial charge on any atom is -0.340 e. The standard InChI is InChI=1S/C12H23N3O4S/c1-10(16)15-7-5-14(6-8-15)9-11(17)13-20(18,19)12(2,3)4/h5-9H2,1-4H3,(H,13,17). The second-order valence-corrected chi connectivity index (χ2v) is 8.36. The van der Waals surface area contributed by atoms with Gasteiger partial charge in [0, 0.05) is 33.1 Å². The van der Waals surface area contributed by atoms with Crippen LogP contribution in [0.3, 0.4) is 0 Å².